The molecule has 0 radical (unpaired) electrons. The fraction of sp³-hybridized carbons (Fsp3) is 0.192. The summed E-state index contributed by atoms with van der Waals surface area (Å²) in [6.45, 7) is 0.632. The van der Waals surface area contributed by atoms with E-state index in [0.29, 0.717) is 57.5 Å². The quantitative estimate of drug-likeness (QED) is 0.388. The molecule has 0 saturated heterocycles. The number of ether oxygens (including phenoxy) is 5. The maximum atomic E-state index is 13.0. The van der Waals surface area contributed by atoms with Gasteiger partial charge in [0.1, 0.15) is 30.1 Å². The van der Waals surface area contributed by atoms with Crippen LogP contribution >= 0.6 is 0 Å². The molecule has 3 aromatic carbocycles. The Kier molecular flexibility index (Phi) is 5.30. The van der Waals surface area contributed by atoms with Crippen molar-refractivity contribution < 1.29 is 28.1 Å². The first-order valence-electron chi connectivity index (χ1n) is 10.4. The van der Waals surface area contributed by atoms with Crippen LogP contribution in [-0.4, -0.2) is 21.3 Å². The average molecular weight is 446 g/mol. The van der Waals surface area contributed by atoms with E-state index in [2.05, 4.69) is 0 Å². The highest BCUT2D eigenvalue weighted by atomic mass is 16.5. The maximum Gasteiger partial charge on any atom is 0.348 e. The fourth-order valence-electron chi connectivity index (χ4n) is 3.99. The molecule has 1 aliphatic heterocycles. The molecule has 0 aliphatic carbocycles. The zero-order valence-corrected chi connectivity index (χ0v) is 18.5. The molecule has 0 spiro atoms. The summed E-state index contributed by atoms with van der Waals surface area (Å²) in [5.41, 5.74) is 2.69. The van der Waals surface area contributed by atoms with E-state index in [-0.39, 0.29) is 6.61 Å². The Morgan fingerprint density at radius 3 is 2.27 bits per heavy atom. The lowest BCUT2D eigenvalue weighted by Crippen LogP contribution is -2.14. The molecule has 0 saturated carbocycles. The highest BCUT2D eigenvalue weighted by Gasteiger charge is 2.27. The lowest BCUT2D eigenvalue weighted by atomic mass is 9.96. The first-order valence-corrected chi connectivity index (χ1v) is 10.4. The van der Waals surface area contributed by atoms with Crippen molar-refractivity contribution in [1.29, 1.82) is 0 Å². The van der Waals surface area contributed by atoms with Gasteiger partial charge in [-0.2, -0.15) is 0 Å². The van der Waals surface area contributed by atoms with Gasteiger partial charge in [-0.1, -0.05) is 30.3 Å². The van der Waals surface area contributed by atoms with E-state index in [1.54, 1.807) is 26.4 Å². The van der Waals surface area contributed by atoms with Gasteiger partial charge in [0.2, 0.25) is 0 Å². The van der Waals surface area contributed by atoms with Crippen LogP contribution in [0.4, 0.5) is 0 Å². The molecule has 7 heteroatoms. The third-order valence-electron chi connectivity index (χ3n) is 5.63. The molecule has 0 bridgehead atoms. The van der Waals surface area contributed by atoms with Crippen molar-refractivity contribution in [2.24, 2.45) is 0 Å². The summed E-state index contributed by atoms with van der Waals surface area (Å²) in [5.74, 6) is 2.50. The summed E-state index contributed by atoms with van der Waals surface area (Å²) in [6, 6.07) is 16.8. The maximum absolute atomic E-state index is 13.0. The van der Waals surface area contributed by atoms with Crippen molar-refractivity contribution in [3.8, 4) is 39.9 Å². The van der Waals surface area contributed by atoms with E-state index < -0.39 is 5.63 Å². The molecule has 0 atom stereocenters. The Bertz CT molecular complexity index is 1390. The first kappa shape index (κ1) is 20.8. The lowest BCUT2D eigenvalue weighted by Gasteiger charge is -2.23. The summed E-state index contributed by atoms with van der Waals surface area (Å²) in [4.78, 5) is 13.0. The number of fused-ring (bicyclic) bond motifs is 5. The van der Waals surface area contributed by atoms with Crippen LogP contribution in [0.5, 0.6) is 28.7 Å². The van der Waals surface area contributed by atoms with Gasteiger partial charge in [-0.15, -0.1) is 0 Å². The van der Waals surface area contributed by atoms with Crippen molar-refractivity contribution in [2.75, 3.05) is 21.3 Å². The summed E-state index contributed by atoms with van der Waals surface area (Å²) in [5, 5.41) is 0.621. The third kappa shape index (κ3) is 3.61. The molecular weight excluding hydrogens is 424 g/mol. The molecule has 0 amide bonds. The van der Waals surface area contributed by atoms with Gasteiger partial charge in [-0.25, -0.2) is 4.79 Å². The molecule has 7 nitrogen and oxygen atoms in total. The van der Waals surface area contributed by atoms with Gasteiger partial charge in [0, 0.05) is 17.2 Å². The minimum Gasteiger partial charge on any atom is -0.493 e. The van der Waals surface area contributed by atoms with Crippen molar-refractivity contribution in [1.82, 2.24) is 0 Å². The number of methoxy groups -OCH3 is 3. The van der Waals surface area contributed by atoms with E-state index in [1.165, 1.54) is 7.11 Å². The van der Waals surface area contributed by atoms with E-state index >= 15 is 0 Å². The van der Waals surface area contributed by atoms with E-state index in [0.717, 1.165) is 11.1 Å². The smallest absolute Gasteiger partial charge is 0.348 e. The van der Waals surface area contributed by atoms with Crippen molar-refractivity contribution >= 4 is 11.0 Å². The Morgan fingerprint density at radius 2 is 1.55 bits per heavy atom. The SMILES string of the molecule is COc1cc2oc(=O)c3c(c2cc1OC)OCc1cc(OC)c(OCc2ccccc2)cc1-3. The molecule has 5 rings (SSSR count). The van der Waals surface area contributed by atoms with Crippen LogP contribution in [-0.2, 0) is 13.2 Å². The topological polar surface area (TPSA) is 76.4 Å². The van der Waals surface area contributed by atoms with Crippen LogP contribution < -0.4 is 29.3 Å². The predicted molar refractivity (Wildman–Crippen MR) is 123 cm³/mol. The molecule has 0 N–H and O–H groups in total. The van der Waals surface area contributed by atoms with Crippen molar-refractivity contribution in [3.63, 3.8) is 0 Å². The molecule has 1 aromatic heterocycles. The second kappa shape index (κ2) is 8.43. The van der Waals surface area contributed by atoms with Crippen molar-refractivity contribution in [2.45, 2.75) is 13.2 Å². The summed E-state index contributed by atoms with van der Waals surface area (Å²) in [7, 11) is 4.65. The second-order valence-electron chi connectivity index (χ2n) is 7.52. The van der Waals surface area contributed by atoms with Gasteiger partial charge >= 0.3 is 5.63 Å². The van der Waals surface area contributed by atoms with Crippen LogP contribution in [0.2, 0.25) is 0 Å². The molecule has 0 fully saturated rings. The monoisotopic (exact) mass is 446 g/mol. The van der Waals surface area contributed by atoms with E-state index in [4.69, 9.17) is 28.1 Å². The molecular formula is C26H22O7. The van der Waals surface area contributed by atoms with Gasteiger partial charge < -0.3 is 28.1 Å². The van der Waals surface area contributed by atoms with Crippen LogP contribution in [0.3, 0.4) is 0 Å². The van der Waals surface area contributed by atoms with Gasteiger partial charge in [-0.3, -0.25) is 0 Å². The summed E-state index contributed by atoms with van der Waals surface area (Å²) < 4.78 is 34.0. The Labute approximate surface area is 190 Å². The number of hydrogen-bond donors (Lipinski definition) is 0. The van der Waals surface area contributed by atoms with Gasteiger partial charge in [0.15, 0.2) is 23.0 Å². The first-order chi connectivity index (χ1) is 16.1. The van der Waals surface area contributed by atoms with Crippen LogP contribution in [0.15, 0.2) is 63.8 Å². The Balaban J connectivity index is 1.64. The normalized spacial score (nSPS) is 11.8. The number of hydrogen-bond acceptors (Lipinski definition) is 7. The van der Waals surface area contributed by atoms with Gasteiger partial charge in [-0.05, 0) is 23.8 Å². The second-order valence-corrected chi connectivity index (χ2v) is 7.52. The zero-order valence-electron chi connectivity index (χ0n) is 18.5. The van der Waals surface area contributed by atoms with E-state index in [1.807, 2.05) is 42.5 Å². The van der Waals surface area contributed by atoms with E-state index in [9.17, 15) is 4.79 Å². The highest BCUT2D eigenvalue weighted by molar-refractivity contribution is 5.94. The van der Waals surface area contributed by atoms with Crippen LogP contribution in [0.25, 0.3) is 22.1 Å². The average Bonchev–Trinajstić information content (AvgIpc) is 2.86. The number of rotatable bonds is 6. The van der Waals surface area contributed by atoms with Crippen LogP contribution in [0, 0.1) is 0 Å². The molecule has 1 aliphatic rings. The lowest BCUT2D eigenvalue weighted by molar-refractivity contribution is 0.280. The van der Waals surface area contributed by atoms with Gasteiger partial charge in [0.25, 0.3) is 0 Å². The standard InChI is InChI=1S/C26H22O7/c1-28-20-9-16-14-32-25-18-11-21(29-2)22(30-3)12-19(18)33-26(27)24(25)17(16)10-23(20)31-13-15-7-5-4-6-8-15/h4-12H,13-14H2,1-3H3. The molecule has 0 unspecified atom stereocenters. The molecule has 33 heavy (non-hydrogen) atoms. The highest BCUT2D eigenvalue weighted by Crippen LogP contribution is 2.46. The Hall–Kier alpha value is -4.13. The van der Waals surface area contributed by atoms with Crippen LogP contribution in [0.1, 0.15) is 11.1 Å². The van der Waals surface area contributed by atoms with Crippen molar-refractivity contribution in [3.05, 3.63) is 76.1 Å². The molecule has 168 valence electrons. The minimum atomic E-state index is -0.509. The minimum absolute atomic E-state index is 0.268. The predicted octanol–water partition coefficient (Wildman–Crippen LogP) is 4.96. The number of benzene rings is 3. The fourth-order valence-corrected chi connectivity index (χ4v) is 3.99. The molecule has 4 aromatic rings. The Morgan fingerprint density at radius 1 is 0.848 bits per heavy atom. The summed E-state index contributed by atoms with van der Waals surface area (Å²) in [6.07, 6.45) is 0. The van der Waals surface area contributed by atoms with Gasteiger partial charge in [0.05, 0.1) is 26.7 Å². The third-order valence-corrected chi connectivity index (χ3v) is 5.63. The summed E-state index contributed by atoms with van der Waals surface area (Å²) >= 11 is 0. The largest absolute Gasteiger partial charge is 0.493 e. The zero-order chi connectivity index (χ0) is 22.9. The molecule has 2 heterocycles.